The van der Waals surface area contributed by atoms with E-state index in [-0.39, 0.29) is 0 Å². The highest BCUT2D eigenvalue weighted by molar-refractivity contribution is 5.94. The van der Waals surface area contributed by atoms with E-state index in [0.29, 0.717) is 5.92 Å². The number of hydrogen-bond donors (Lipinski definition) is 1. The SMILES string of the molecule is CNc1c2c(nc3ccc(C(C)C)cc13)CCCCC2. The molecule has 0 saturated carbocycles. The Morgan fingerprint density at radius 3 is 2.65 bits per heavy atom. The minimum absolute atomic E-state index is 0.558. The molecule has 0 atom stereocenters. The Kier molecular flexibility index (Phi) is 3.64. The molecule has 1 aliphatic carbocycles. The molecule has 1 aliphatic rings. The number of benzene rings is 1. The zero-order valence-electron chi connectivity index (χ0n) is 12.8. The first kappa shape index (κ1) is 13.4. The van der Waals surface area contributed by atoms with Crippen molar-refractivity contribution in [3.63, 3.8) is 0 Å². The summed E-state index contributed by atoms with van der Waals surface area (Å²) in [4.78, 5) is 4.94. The van der Waals surface area contributed by atoms with Gasteiger partial charge in [0, 0.05) is 23.8 Å². The summed E-state index contributed by atoms with van der Waals surface area (Å²) in [6.07, 6.45) is 6.19. The second-order valence-corrected chi connectivity index (χ2v) is 6.15. The Morgan fingerprint density at radius 1 is 1.10 bits per heavy atom. The van der Waals surface area contributed by atoms with Crippen LogP contribution in [0.5, 0.6) is 0 Å². The van der Waals surface area contributed by atoms with E-state index in [1.54, 1.807) is 0 Å². The second kappa shape index (κ2) is 5.43. The van der Waals surface area contributed by atoms with Crippen molar-refractivity contribution in [3.8, 4) is 0 Å². The highest BCUT2D eigenvalue weighted by Crippen LogP contribution is 2.33. The Labute approximate surface area is 121 Å². The predicted molar refractivity (Wildman–Crippen MR) is 86.6 cm³/mol. The Morgan fingerprint density at radius 2 is 1.90 bits per heavy atom. The molecule has 0 fully saturated rings. The highest BCUT2D eigenvalue weighted by atomic mass is 14.8. The van der Waals surface area contributed by atoms with Crippen molar-refractivity contribution in [1.29, 1.82) is 0 Å². The van der Waals surface area contributed by atoms with Gasteiger partial charge in [0.15, 0.2) is 0 Å². The topological polar surface area (TPSA) is 24.9 Å². The molecule has 2 aromatic rings. The van der Waals surface area contributed by atoms with E-state index < -0.39 is 0 Å². The van der Waals surface area contributed by atoms with Crippen molar-refractivity contribution in [2.24, 2.45) is 0 Å². The number of aromatic nitrogens is 1. The summed E-state index contributed by atoms with van der Waals surface area (Å²) >= 11 is 0. The lowest BCUT2D eigenvalue weighted by Crippen LogP contribution is -2.04. The van der Waals surface area contributed by atoms with E-state index in [9.17, 15) is 0 Å². The van der Waals surface area contributed by atoms with E-state index in [0.717, 1.165) is 11.9 Å². The standard InChI is InChI=1S/C18H24N2/c1-12(2)13-9-10-17-15(11-13)18(19-3)14-7-5-4-6-8-16(14)20-17/h9-12H,4-8H2,1-3H3,(H,19,20). The average molecular weight is 268 g/mol. The quantitative estimate of drug-likeness (QED) is 0.801. The Balaban J connectivity index is 2.25. The van der Waals surface area contributed by atoms with Gasteiger partial charge in [-0.05, 0) is 54.9 Å². The lowest BCUT2D eigenvalue weighted by molar-refractivity contribution is 0.709. The molecule has 1 heterocycles. The van der Waals surface area contributed by atoms with Crippen molar-refractivity contribution >= 4 is 16.6 Å². The molecule has 1 N–H and O–H groups in total. The number of aryl methyl sites for hydroxylation is 1. The summed E-state index contributed by atoms with van der Waals surface area (Å²) < 4.78 is 0. The summed E-state index contributed by atoms with van der Waals surface area (Å²) in [5, 5.41) is 4.74. The zero-order valence-corrected chi connectivity index (χ0v) is 12.8. The molecule has 0 bridgehead atoms. The zero-order chi connectivity index (χ0) is 14.1. The van der Waals surface area contributed by atoms with Gasteiger partial charge in [0.05, 0.1) is 5.52 Å². The first-order valence-electron chi connectivity index (χ1n) is 7.84. The monoisotopic (exact) mass is 268 g/mol. The number of hydrogen-bond acceptors (Lipinski definition) is 2. The molecule has 0 unspecified atom stereocenters. The average Bonchev–Trinajstić information content (AvgIpc) is 2.69. The smallest absolute Gasteiger partial charge is 0.0726 e. The molecular weight excluding hydrogens is 244 g/mol. The van der Waals surface area contributed by atoms with Crippen LogP contribution in [0.15, 0.2) is 18.2 Å². The van der Waals surface area contributed by atoms with Gasteiger partial charge in [-0.15, -0.1) is 0 Å². The van der Waals surface area contributed by atoms with Gasteiger partial charge in [-0.2, -0.15) is 0 Å². The van der Waals surface area contributed by atoms with Gasteiger partial charge in [-0.25, -0.2) is 0 Å². The Bertz CT molecular complexity index is 629. The molecule has 0 spiro atoms. The van der Waals surface area contributed by atoms with Gasteiger partial charge in [0.2, 0.25) is 0 Å². The molecule has 0 amide bonds. The molecule has 2 heteroatoms. The molecule has 1 aromatic heterocycles. The van der Waals surface area contributed by atoms with Crippen LogP contribution < -0.4 is 5.32 Å². The summed E-state index contributed by atoms with van der Waals surface area (Å²) in [7, 11) is 2.04. The predicted octanol–water partition coefficient (Wildman–Crippen LogP) is 4.67. The Hall–Kier alpha value is -1.57. The molecule has 3 rings (SSSR count). The van der Waals surface area contributed by atoms with Crippen molar-refractivity contribution in [3.05, 3.63) is 35.0 Å². The third kappa shape index (κ3) is 2.28. The van der Waals surface area contributed by atoms with Crippen LogP contribution >= 0.6 is 0 Å². The lowest BCUT2D eigenvalue weighted by atomic mass is 9.97. The maximum atomic E-state index is 4.94. The van der Waals surface area contributed by atoms with E-state index in [1.165, 1.54) is 53.6 Å². The molecule has 0 saturated heterocycles. The fourth-order valence-electron chi connectivity index (χ4n) is 3.26. The molecule has 0 radical (unpaired) electrons. The highest BCUT2D eigenvalue weighted by Gasteiger charge is 2.17. The van der Waals surface area contributed by atoms with E-state index in [1.807, 2.05) is 7.05 Å². The largest absolute Gasteiger partial charge is 0.387 e. The molecular formula is C18H24N2. The van der Waals surface area contributed by atoms with Crippen molar-refractivity contribution in [2.75, 3.05) is 12.4 Å². The van der Waals surface area contributed by atoms with Crippen LogP contribution in [-0.2, 0) is 12.8 Å². The van der Waals surface area contributed by atoms with Crippen LogP contribution in [-0.4, -0.2) is 12.0 Å². The van der Waals surface area contributed by atoms with Crippen LogP contribution in [0.4, 0.5) is 5.69 Å². The minimum atomic E-state index is 0.558. The first-order valence-corrected chi connectivity index (χ1v) is 7.84. The van der Waals surface area contributed by atoms with Crippen molar-refractivity contribution in [2.45, 2.75) is 51.9 Å². The number of fused-ring (bicyclic) bond motifs is 2. The van der Waals surface area contributed by atoms with Crippen molar-refractivity contribution in [1.82, 2.24) is 4.98 Å². The van der Waals surface area contributed by atoms with Gasteiger partial charge in [-0.1, -0.05) is 26.3 Å². The summed E-state index contributed by atoms with van der Waals surface area (Å²) in [6, 6.07) is 6.74. The summed E-state index contributed by atoms with van der Waals surface area (Å²) in [5.41, 5.74) is 6.62. The van der Waals surface area contributed by atoms with Crippen molar-refractivity contribution < 1.29 is 0 Å². The van der Waals surface area contributed by atoms with Gasteiger partial charge in [0.1, 0.15) is 0 Å². The molecule has 1 aromatic carbocycles. The maximum absolute atomic E-state index is 4.94. The molecule has 0 aliphatic heterocycles. The normalized spacial score (nSPS) is 15.2. The van der Waals surface area contributed by atoms with E-state index in [2.05, 4.69) is 37.4 Å². The fraction of sp³-hybridized carbons (Fsp3) is 0.500. The van der Waals surface area contributed by atoms with Crippen LogP contribution in [0, 0.1) is 0 Å². The summed E-state index contributed by atoms with van der Waals surface area (Å²) in [5.74, 6) is 0.558. The molecule has 20 heavy (non-hydrogen) atoms. The molecule has 106 valence electrons. The van der Waals surface area contributed by atoms with E-state index in [4.69, 9.17) is 4.98 Å². The van der Waals surface area contributed by atoms with Crippen LogP contribution in [0.25, 0.3) is 10.9 Å². The van der Waals surface area contributed by atoms with Crippen LogP contribution in [0.3, 0.4) is 0 Å². The van der Waals surface area contributed by atoms with Gasteiger partial charge in [-0.3, -0.25) is 4.98 Å². The van der Waals surface area contributed by atoms with Gasteiger partial charge < -0.3 is 5.32 Å². The van der Waals surface area contributed by atoms with Crippen LogP contribution in [0.2, 0.25) is 0 Å². The third-order valence-electron chi connectivity index (χ3n) is 4.45. The molecule has 2 nitrogen and oxygen atoms in total. The first-order chi connectivity index (χ1) is 9.70. The number of nitrogens with zero attached hydrogens (tertiary/aromatic N) is 1. The van der Waals surface area contributed by atoms with Crippen LogP contribution in [0.1, 0.15) is 55.8 Å². The number of anilines is 1. The summed E-state index contributed by atoms with van der Waals surface area (Å²) in [6.45, 7) is 4.49. The number of rotatable bonds is 2. The van der Waals surface area contributed by atoms with Gasteiger partial charge >= 0.3 is 0 Å². The minimum Gasteiger partial charge on any atom is -0.387 e. The number of nitrogens with one attached hydrogen (secondary N) is 1. The lowest BCUT2D eigenvalue weighted by Gasteiger charge is -2.16. The third-order valence-corrected chi connectivity index (χ3v) is 4.45. The van der Waals surface area contributed by atoms with Gasteiger partial charge in [0.25, 0.3) is 0 Å². The second-order valence-electron chi connectivity index (χ2n) is 6.15. The number of pyridine rings is 1. The van der Waals surface area contributed by atoms with E-state index >= 15 is 0 Å². The maximum Gasteiger partial charge on any atom is 0.0726 e. The fourth-order valence-corrected chi connectivity index (χ4v) is 3.26.